The van der Waals surface area contributed by atoms with Crippen molar-refractivity contribution in [3.05, 3.63) is 35.4 Å². The van der Waals surface area contributed by atoms with Crippen LogP contribution in [-0.2, 0) is 6.54 Å². The first-order valence-electron chi connectivity index (χ1n) is 8.24. The third kappa shape index (κ3) is 4.31. The fourth-order valence-corrected chi connectivity index (χ4v) is 3.01. The summed E-state index contributed by atoms with van der Waals surface area (Å²) < 4.78 is 0. The Hall–Kier alpha value is -1.35. The molecule has 1 amide bonds. The predicted octanol–water partition coefficient (Wildman–Crippen LogP) is 3.40. The highest BCUT2D eigenvalue weighted by atomic mass is 16.2. The van der Waals surface area contributed by atoms with Crippen molar-refractivity contribution in [2.45, 2.75) is 40.2 Å². The number of benzene rings is 1. The molecule has 0 N–H and O–H groups in total. The molecule has 1 atom stereocenters. The molecule has 0 aliphatic carbocycles. The summed E-state index contributed by atoms with van der Waals surface area (Å²) in [5.41, 5.74) is 2.11. The van der Waals surface area contributed by atoms with Crippen LogP contribution in [0.15, 0.2) is 24.3 Å². The molecular weight excluding hydrogens is 260 g/mol. The van der Waals surface area contributed by atoms with Crippen LogP contribution in [0.4, 0.5) is 0 Å². The number of hydrogen-bond donors (Lipinski definition) is 0. The van der Waals surface area contributed by atoms with E-state index in [1.165, 1.54) is 12.0 Å². The van der Waals surface area contributed by atoms with Crippen molar-refractivity contribution in [2.75, 3.05) is 26.2 Å². The van der Waals surface area contributed by atoms with Gasteiger partial charge in [-0.2, -0.15) is 0 Å². The summed E-state index contributed by atoms with van der Waals surface area (Å²) >= 11 is 0. The molecule has 2 rings (SSSR count). The summed E-state index contributed by atoms with van der Waals surface area (Å²) in [6, 6.07) is 8.17. The van der Waals surface area contributed by atoms with Crippen molar-refractivity contribution < 1.29 is 4.79 Å². The minimum atomic E-state index is 0.191. The van der Waals surface area contributed by atoms with Crippen LogP contribution < -0.4 is 0 Å². The van der Waals surface area contributed by atoms with Crippen LogP contribution in [0.2, 0.25) is 0 Å². The number of carbonyl (C=O) groups excluding carboxylic acids is 1. The van der Waals surface area contributed by atoms with Gasteiger partial charge in [0.05, 0.1) is 0 Å². The van der Waals surface area contributed by atoms with Gasteiger partial charge < -0.3 is 4.90 Å². The molecule has 1 aromatic carbocycles. The second-order valence-electron chi connectivity index (χ2n) is 6.16. The summed E-state index contributed by atoms with van der Waals surface area (Å²) in [6.07, 6.45) is 2.37. The molecule has 1 heterocycles. The van der Waals surface area contributed by atoms with E-state index in [0.717, 1.165) is 44.7 Å². The van der Waals surface area contributed by atoms with Crippen LogP contribution in [0.5, 0.6) is 0 Å². The number of rotatable bonds is 5. The van der Waals surface area contributed by atoms with Crippen molar-refractivity contribution in [2.24, 2.45) is 5.92 Å². The van der Waals surface area contributed by atoms with Gasteiger partial charge >= 0.3 is 0 Å². The molecule has 3 nitrogen and oxygen atoms in total. The number of likely N-dealkylation sites (tertiary alicyclic amines) is 1. The minimum absolute atomic E-state index is 0.191. The van der Waals surface area contributed by atoms with Crippen LogP contribution in [-0.4, -0.2) is 41.9 Å². The lowest BCUT2D eigenvalue weighted by Gasteiger charge is -2.31. The van der Waals surface area contributed by atoms with Gasteiger partial charge in [0, 0.05) is 25.2 Å². The fourth-order valence-electron chi connectivity index (χ4n) is 3.01. The molecule has 0 radical (unpaired) electrons. The quantitative estimate of drug-likeness (QED) is 0.829. The van der Waals surface area contributed by atoms with E-state index in [-0.39, 0.29) is 5.91 Å². The highest BCUT2D eigenvalue weighted by Crippen LogP contribution is 2.18. The molecule has 1 aromatic rings. The van der Waals surface area contributed by atoms with Crippen LogP contribution in [0, 0.1) is 5.92 Å². The summed E-state index contributed by atoms with van der Waals surface area (Å²) in [4.78, 5) is 16.9. The molecule has 0 aromatic heterocycles. The van der Waals surface area contributed by atoms with E-state index >= 15 is 0 Å². The smallest absolute Gasteiger partial charge is 0.253 e. The van der Waals surface area contributed by atoms with Gasteiger partial charge in [0.15, 0.2) is 0 Å². The second-order valence-corrected chi connectivity index (χ2v) is 6.16. The number of nitrogens with zero attached hydrogens (tertiary/aromatic N) is 2. The third-order valence-electron chi connectivity index (χ3n) is 4.45. The molecule has 116 valence electrons. The van der Waals surface area contributed by atoms with Gasteiger partial charge in [-0.05, 0) is 49.5 Å². The van der Waals surface area contributed by atoms with Crippen LogP contribution >= 0.6 is 0 Å². The maximum Gasteiger partial charge on any atom is 0.253 e. The molecule has 1 unspecified atom stereocenters. The average Bonchev–Trinajstić information content (AvgIpc) is 2.52. The van der Waals surface area contributed by atoms with E-state index < -0.39 is 0 Å². The maximum atomic E-state index is 12.5. The van der Waals surface area contributed by atoms with E-state index in [2.05, 4.69) is 37.8 Å². The van der Waals surface area contributed by atoms with Crippen molar-refractivity contribution in [3.8, 4) is 0 Å². The monoisotopic (exact) mass is 288 g/mol. The first-order valence-corrected chi connectivity index (χ1v) is 8.24. The molecule has 3 heteroatoms. The largest absolute Gasteiger partial charge is 0.338 e. The molecule has 1 aliphatic rings. The first kappa shape index (κ1) is 16.0. The molecule has 0 saturated carbocycles. The summed E-state index contributed by atoms with van der Waals surface area (Å²) in [5.74, 6) is 0.820. The van der Waals surface area contributed by atoms with E-state index in [1.54, 1.807) is 0 Å². The van der Waals surface area contributed by atoms with Crippen molar-refractivity contribution >= 4 is 5.91 Å². The Morgan fingerprint density at radius 1 is 1.24 bits per heavy atom. The minimum Gasteiger partial charge on any atom is -0.338 e. The summed E-state index contributed by atoms with van der Waals surface area (Å²) in [6.45, 7) is 11.5. The van der Waals surface area contributed by atoms with E-state index in [0.29, 0.717) is 5.92 Å². The summed E-state index contributed by atoms with van der Waals surface area (Å²) in [5, 5.41) is 0. The summed E-state index contributed by atoms with van der Waals surface area (Å²) in [7, 11) is 0. The topological polar surface area (TPSA) is 23.6 Å². The molecular formula is C18H28N2O. The number of hydrogen-bond acceptors (Lipinski definition) is 2. The van der Waals surface area contributed by atoms with Gasteiger partial charge in [-0.3, -0.25) is 9.69 Å². The molecule has 0 bridgehead atoms. The molecule has 21 heavy (non-hydrogen) atoms. The van der Waals surface area contributed by atoms with Gasteiger partial charge in [0.2, 0.25) is 0 Å². The third-order valence-corrected chi connectivity index (χ3v) is 4.45. The SMILES string of the molecule is CCN(CC)Cc1ccc(C(=O)N2CCCC(C)C2)cc1. The standard InChI is InChI=1S/C18H28N2O/c1-4-19(5-2)14-16-8-10-17(11-9-16)18(21)20-12-6-7-15(3)13-20/h8-11,15H,4-7,12-14H2,1-3H3. The Balaban J connectivity index is 1.99. The zero-order chi connectivity index (χ0) is 15.2. The van der Waals surface area contributed by atoms with Gasteiger partial charge in [0.25, 0.3) is 5.91 Å². The van der Waals surface area contributed by atoms with Gasteiger partial charge in [-0.15, -0.1) is 0 Å². The number of amides is 1. The fraction of sp³-hybridized carbons (Fsp3) is 0.611. The maximum absolute atomic E-state index is 12.5. The highest BCUT2D eigenvalue weighted by Gasteiger charge is 2.21. The lowest BCUT2D eigenvalue weighted by Crippen LogP contribution is -2.39. The van der Waals surface area contributed by atoms with Crippen molar-refractivity contribution in [3.63, 3.8) is 0 Å². The molecule has 0 spiro atoms. The van der Waals surface area contributed by atoms with Crippen molar-refractivity contribution in [1.29, 1.82) is 0 Å². The molecule has 1 saturated heterocycles. The Labute approximate surface area is 128 Å². The normalized spacial score (nSPS) is 19.0. The highest BCUT2D eigenvalue weighted by molar-refractivity contribution is 5.94. The second kappa shape index (κ2) is 7.60. The average molecular weight is 288 g/mol. The zero-order valence-electron chi connectivity index (χ0n) is 13.6. The van der Waals surface area contributed by atoms with E-state index in [1.807, 2.05) is 17.0 Å². The lowest BCUT2D eigenvalue weighted by molar-refractivity contribution is 0.0683. The lowest BCUT2D eigenvalue weighted by atomic mass is 9.99. The van der Waals surface area contributed by atoms with Gasteiger partial charge in [-0.25, -0.2) is 0 Å². The Morgan fingerprint density at radius 3 is 2.48 bits per heavy atom. The first-order chi connectivity index (χ1) is 10.1. The number of piperidine rings is 1. The molecule has 1 fully saturated rings. The van der Waals surface area contributed by atoms with Crippen LogP contribution in [0.25, 0.3) is 0 Å². The van der Waals surface area contributed by atoms with Crippen LogP contribution in [0.3, 0.4) is 0 Å². The van der Waals surface area contributed by atoms with Gasteiger partial charge in [0.1, 0.15) is 0 Å². The van der Waals surface area contributed by atoms with E-state index in [9.17, 15) is 4.79 Å². The zero-order valence-corrected chi connectivity index (χ0v) is 13.6. The van der Waals surface area contributed by atoms with Crippen molar-refractivity contribution in [1.82, 2.24) is 9.80 Å². The Kier molecular flexibility index (Phi) is 5.80. The Bertz CT molecular complexity index is 451. The number of carbonyl (C=O) groups is 1. The Morgan fingerprint density at radius 2 is 1.90 bits per heavy atom. The predicted molar refractivity (Wildman–Crippen MR) is 87.4 cm³/mol. The molecule has 1 aliphatic heterocycles. The van der Waals surface area contributed by atoms with Gasteiger partial charge in [-0.1, -0.05) is 32.9 Å². The van der Waals surface area contributed by atoms with E-state index in [4.69, 9.17) is 0 Å². The van der Waals surface area contributed by atoms with Crippen LogP contribution in [0.1, 0.15) is 49.5 Å².